The van der Waals surface area contributed by atoms with Crippen molar-refractivity contribution in [2.45, 2.75) is 98.9 Å². The number of aldehydes is 1. The van der Waals surface area contributed by atoms with Gasteiger partial charge < -0.3 is 14.3 Å². The molecule has 0 spiro atoms. The number of ketones is 1. The van der Waals surface area contributed by atoms with Crippen LogP contribution < -0.4 is 0 Å². The van der Waals surface area contributed by atoms with Crippen LogP contribution in [-0.4, -0.2) is 35.8 Å². The molecule has 2 aliphatic heterocycles. The van der Waals surface area contributed by atoms with Gasteiger partial charge in [0, 0.05) is 30.3 Å². The smallest absolute Gasteiger partial charge is 0.331 e. The van der Waals surface area contributed by atoms with Gasteiger partial charge in [0.05, 0.1) is 11.7 Å². The highest BCUT2D eigenvalue weighted by atomic mass is 16.5. The monoisotopic (exact) mass is 524 g/mol. The minimum absolute atomic E-state index is 0.154. The van der Waals surface area contributed by atoms with E-state index in [1.165, 1.54) is 11.6 Å². The molecule has 0 radical (unpaired) electrons. The van der Waals surface area contributed by atoms with Gasteiger partial charge >= 0.3 is 5.97 Å². The van der Waals surface area contributed by atoms with Crippen LogP contribution in [0.5, 0.6) is 0 Å². The molecule has 2 heterocycles. The number of allylic oxidation sites excluding steroid dienone is 7. The Balaban J connectivity index is 1.91. The van der Waals surface area contributed by atoms with Crippen molar-refractivity contribution in [3.63, 3.8) is 0 Å². The highest BCUT2D eigenvalue weighted by Crippen LogP contribution is 2.40. The second-order valence-corrected chi connectivity index (χ2v) is 11.7. The van der Waals surface area contributed by atoms with Crippen LogP contribution in [0.15, 0.2) is 59.8 Å². The van der Waals surface area contributed by atoms with Crippen molar-refractivity contribution in [2.24, 2.45) is 29.6 Å². The molecule has 0 aromatic carbocycles. The number of cyclic esters (lactones) is 1. The van der Waals surface area contributed by atoms with E-state index < -0.39 is 5.60 Å². The molecule has 0 amide bonds. The van der Waals surface area contributed by atoms with Crippen LogP contribution >= 0.6 is 0 Å². The first-order valence-electron chi connectivity index (χ1n) is 14.2. The van der Waals surface area contributed by atoms with E-state index in [1.54, 1.807) is 0 Å². The Labute approximate surface area is 230 Å². The van der Waals surface area contributed by atoms with Crippen molar-refractivity contribution in [1.82, 2.24) is 0 Å². The maximum Gasteiger partial charge on any atom is 0.331 e. The summed E-state index contributed by atoms with van der Waals surface area (Å²) in [6, 6.07) is 0. The molecule has 1 fully saturated rings. The molecule has 5 heteroatoms. The summed E-state index contributed by atoms with van der Waals surface area (Å²) in [5.74, 6) is 0.232. The molecule has 0 aromatic heterocycles. The van der Waals surface area contributed by atoms with E-state index in [0.717, 1.165) is 31.1 Å². The van der Waals surface area contributed by atoms with E-state index in [-0.39, 0.29) is 47.6 Å². The quantitative estimate of drug-likeness (QED) is 0.145. The Morgan fingerprint density at radius 3 is 2.55 bits per heavy atom. The fraction of sp³-hybridized carbons (Fsp3) is 0.606. The molecule has 2 aliphatic rings. The largest absolute Gasteiger partial charge is 0.454 e. The normalized spacial score (nSPS) is 31.0. The van der Waals surface area contributed by atoms with Crippen molar-refractivity contribution in [1.29, 1.82) is 0 Å². The fourth-order valence-electron chi connectivity index (χ4n) is 5.55. The van der Waals surface area contributed by atoms with Crippen LogP contribution in [0.1, 0.15) is 81.1 Å². The minimum Gasteiger partial charge on any atom is -0.454 e. The molecular formula is C33H48O5. The van der Waals surface area contributed by atoms with Crippen molar-refractivity contribution in [3.8, 4) is 0 Å². The van der Waals surface area contributed by atoms with Gasteiger partial charge in [-0.05, 0) is 51.0 Å². The van der Waals surface area contributed by atoms with E-state index in [9.17, 15) is 14.4 Å². The zero-order valence-electron chi connectivity index (χ0n) is 24.6. The lowest BCUT2D eigenvalue weighted by Crippen LogP contribution is -2.34. The molecular weight excluding hydrogens is 476 g/mol. The number of rotatable bonds is 13. The zero-order chi connectivity index (χ0) is 28.5. The lowest BCUT2D eigenvalue weighted by Gasteiger charge is -2.26. The van der Waals surface area contributed by atoms with Gasteiger partial charge in [0.2, 0.25) is 0 Å². The average molecular weight is 525 g/mol. The van der Waals surface area contributed by atoms with Crippen LogP contribution in [-0.2, 0) is 23.9 Å². The van der Waals surface area contributed by atoms with Gasteiger partial charge in [0.25, 0.3) is 0 Å². The number of carbonyl (C=O) groups excluding carboxylic acids is 3. The first-order valence-corrected chi connectivity index (χ1v) is 14.2. The summed E-state index contributed by atoms with van der Waals surface area (Å²) in [4.78, 5) is 35.7. The summed E-state index contributed by atoms with van der Waals surface area (Å²) in [7, 11) is 0. The highest BCUT2D eigenvalue weighted by molar-refractivity contribution is 5.85. The number of ether oxygens (including phenoxy) is 2. The molecule has 38 heavy (non-hydrogen) atoms. The lowest BCUT2D eigenvalue weighted by atomic mass is 9.83. The maximum atomic E-state index is 13.2. The molecule has 1 saturated heterocycles. The van der Waals surface area contributed by atoms with Crippen molar-refractivity contribution in [3.05, 3.63) is 59.8 Å². The second kappa shape index (κ2) is 14.6. The zero-order valence-corrected chi connectivity index (χ0v) is 24.6. The van der Waals surface area contributed by atoms with Gasteiger partial charge in [-0.3, -0.25) is 4.79 Å². The first kappa shape index (κ1) is 31.7. The van der Waals surface area contributed by atoms with E-state index in [0.29, 0.717) is 12.3 Å². The van der Waals surface area contributed by atoms with Crippen molar-refractivity contribution < 1.29 is 23.9 Å². The Morgan fingerprint density at radius 2 is 1.89 bits per heavy atom. The fourth-order valence-corrected chi connectivity index (χ4v) is 5.55. The molecule has 2 rings (SSSR count). The maximum absolute atomic E-state index is 13.2. The standard InChI is InChI=1S/C33H48O5/c1-9-28(14-15-29-24(4)13-16-30(35)37-29)20-23(3)12-10-11-22(2)19-25(5)31(36)27(7)32-26(6)21-33(8,38-32)17-18-34/h10-11,13-16,18-20,23-27,29,32H,9,12,17,21H2,1-8H3/b11-10+,15-14+,22-19+,28-20-/t23-,24+,25-,26-,27+,29-,32-,33+/m1/s1. The Kier molecular flexibility index (Phi) is 12.2. The molecule has 0 saturated carbocycles. The van der Waals surface area contributed by atoms with Gasteiger partial charge in [-0.2, -0.15) is 0 Å². The Morgan fingerprint density at radius 1 is 1.18 bits per heavy atom. The summed E-state index contributed by atoms with van der Waals surface area (Å²) < 4.78 is 11.6. The summed E-state index contributed by atoms with van der Waals surface area (Å²) in [6.07, 6.45) is 19.5. The van der Waals surface area contributed by atoms with E-state index in [4.69, 9.17) is 9.47 Å². The summed E-state index contributed by atoms with van der Waals surface area (Å²) in [6.45, 7) is 16.4. The third-order valence-electron chi connectivity index (χ3n) is 7.76. The van der Waals surface area contributed by atoms with E-state index in [2.05, 4.69) is 45.1 Å². The second-order valence-electron chi connectivity index (χ2n) is 11.7. The van der Waals surface area contributed by atoms with Gasteiger partial charge in [-0.25, -0.2) is 4.79 Å². The third-order valence-corrected chi connectivity index (χ3v) is 7.76. The van der Waals surface area contributed by atoms with E-state index >= 15 is 0 Å². The van der Waals surface area contributed by atoms with E-state index in [1.807, 2.05) is 52.8 Å². The molecule has 8 atom stereocenters. The molecule has 0 unspecified atom stereocenters. The highest BCUT2D eigenvalue weighted by Gasteiger charge is 2.45. The van der Waals surface area contributed by atoms with Crippen LogP contribution in [0.3, 0.4) is 0 Å². The predicted molar refractivity (Wildman–Crippen MR) is 153 cm³/mol. The number of hydrogen-bond acceptors (Lipinski definition) is 5. The molecule has 0 aromatic rings. The Hall–Kier alpha value is -2.53. The van der Waals surface area contributed by atoms with Crippen molar-refractivity contribution in [2.75, 3.05) is 0 Å². The summed E-state index contributed by atoms with van der Waals surface area (Å²) in [5.41, 5.74) is 1.82. The summed E-state index contributed by atoms with van der Waals surface area (Å²) >= 11 is 0. The van der Waals surface area contributed by atoms with Gasteiger partial charge in [-0.1, -0.05) is 89.1 Å². The predicted octanol–water partition coefficient (Wildman–Crippen LogP) is 7.14. The van der Waals surface area contributed by atoms with Crippen molar-refractivity contribution >= 4 is 18.0 Å². The molecule has 210 valence electrons. The number of carbonyl (C=O) groups is 3. The number of hydrogen-bond donors (Lipinski definition) is 0. The van der Waals surface area contributed by atoms with Crippen LogP contribution in [0.25, 0.3) is 0 Å². The van der Waals surface area contributed by atoms with Crippen LogP contribution in [0, 0.1) is 29.6 Å². The number of esters is 1. The number of Topliss-reactive ketones (excluding diaryl/α,β-unsaturated/α-hetero) is 1. The van der Waals surface area contributed by atoms with Gasteiger partial charge in [-0.15, -0.1) is 0 Å². The molecule has 0 bridgehead atoms. The molecule has 0 N–H and O–H groups in total. The summed E-state index contributed by atoms with van der Waals surface area (Å²) in [5, 5.41) is 0. The topological polar surface area (TPSA) is 69.7 Å². The first-order chi connectivity index (χ1) is 17.9. The van der Waals surface area contributed by atoms with Crippen LogP contribution in [0.4, 0.5) is 0 Å². The Bertz CT molecular complexity index is 983. The average Bonchev–Trinajstić information content (AvgIpc) is 3.16. The molecule has 5 nitrogen and oxygen atoms in total. The van der Waals surface area contributed by atoms with Crippen LogP contribution in [0.2, 0.25) is 0 Å². The molecule has 0 aliphatic carbocycles. The third kappa shape index (κ3) is 9.34. The van der Waals surface area contributed by atoms with Gasteiger partial charge in [0.1, 0.15) is 18.2 Å². The van der Waals surface area contributed by atoms with Gasteiger partial charge in [0.15, 0.2) is 0 Å². The lowest BCUT2D eigenvalue weighted by molar-refractivity contribution is -0.143. The SMILES string of the molecule is CCC(=C/[C@H](C)C/C=C/C(C)=C/[C@@H](C)C(=O)[C@H](C)[C@@H]1O[C@@](C)(CC=O)C[C@H]1C)/C=C/[C@H]1OC(=O)C=C[C@@H]1C. The minimum atomic E-state index is -0.463.